The van der Waals surface area contributed by atoms with Gasteiger partial charge in [0.05, 0.1) is 11.9 Å². The van der Waals surface area contributed by atoms with Crippen LogP contribution in [0.15, 0.2) is 24.8 Å². The number of hydrogen-bond donors (Lipinski definition) is 2. The van der Waals surface area contributed by atoms with Gasteiger partial charge in [0, 0.05) is 30.4 Å². The Balaban J connectivity index is 3.01. The fraction of sp³-hybridized carbons (Fsp3) is 0. The second-order valence-corrected chi connectivity index (χ2v) is 1.86. The van der Waals surface area contributed by atoms with Crippen molar-refractivity contribution < 1.29 is 0 Å². The summed E-state index contributed by atoms with van der Waals surface area (Å²) in [6.07, 6.45) is 7.16. The van der Waals surface area contributed by atoms with Crippen LogP contribution in [0.25, 0.3) is 5.57 Å². The van der Waals surface area contributed by atoms with Gasteiger partial charge in [0.1, 0.15) is 0 Å². The topological polar surface area (TPSA) is 75.7 Å². The molecule has 0 bridgehead atoms. The lowest BCUT2D eigenvalue weighted by Crippen LogP contribution is -1.93. The van der Waals surface area contributed by atoms with Gasteiger partial charge in [-0.15, -0.1) is 0 Å². The third-order valence-corrected chi connectivity index (χ3v) is 1.19. The Morgan fingerprint density at radius 3 is 2.82 bits per heavy atom. The Hall–Kier alpha value is -1.71. The van der Waals surface area contributed by atoms with E-state index in [-0.39, 0.29) is 0 Å². The summed E-state index contributed by atoms with van der Waals surface area (Å²) in [5, 5.41) is 6.96. The van der Waals surface area contributed by atoms with Crippen molar-refractivity contribution in [1.29, 1.82) is 5.41 Å². The van der Waals surface area contributed by atoms with E-state index in [9.17, 15) is 0 Å². The van der Waals surface area contributed by atoms with Crippen molar-refractivity contribution in [2.45, 2.75) is 0 Å². The Morgan fingerprint density at radius 1 is 1.55 bits per heavy atom. The summed E-state index contributed by atoms with van der Waals surface area (Å²) in [6.45, 7) is 0. The molecule has 0 spiro atoms. The molecule has 0 aromatic carbocycles. The molecular weight excluding hydrogens is 140 g/mol. The Labute approximate surface area is 64.3 Å². The summed E-state index contributed by atoms with van der Waals surface area (Å²) in [5.74, 6) is 0. The molecule has 3 N–H and O–H groups in total. The van der Waals surface area contributed by atoms with E-state index in [1.165, 1.54) is 6.20 Å². The zero-order valence-electron chi connectivity index (χ0n) is 5.86. The second-order valence-electron chi connectivity index (χ2n) is 1.86. The molecule has 56 valence electrons. The number of nitrogens with two attached hydrogens (primary N) is 1. The van der Waals surface area contributed by atoms with Crippen molar-refractivity contribution in [3.8, 4) is 0 Å². The van der Waals surface area contributed by atoms with Crippen molar-refractivity contribution in [2.24, 2.45) is 5.73 Å². The Morgan fingerprint density at radius 2 is 2.36 bits per heavy atom. The highest BCUT2D eigenvalue weighted by Crippen LogP contribution is 2.03. The molecule has 0 saturated carbocycles. The molecule has 0 amide bonds. The molecule has 11 heavy (non-hydrogen) atoms. The van der Waals surface area contributed by atoms with Crippen LogP contribution in [0.5, 0.6) is 0 Å². The van der Waals surface area contributed by atoms with Crippen molar-refractivity contribution in [3.05, 3.63) is 30.5 Å². The maximum atomic E-state index is 6.96. The zero-order chi connectivity index (χ0) is 8.10. The molecule has 1 aromatic heterocycles. The lowest BCUT2D eigenvalue weighted by atomic mass is 10.2. The number of hydrogen-bond acceptors (Lipinski definition) is 4. The van der Waals surface area contributed by atoms with Crippen LogP contribution in [0.3, 0.4) is 0 Å². The third kappa shape index (κ3) is 1.61. The lowest BCUT2D eigenvalue weighted by molar-refractivity contribution is 1.17. The molecule has 4 heteroatoms. The lowest BCUT2D eigenvalue weighted by Gasteiger charge is -1.95. The van der Waals surface area contributed by atoms with Crippen molar-refractivity contribution in [3.63, 3.8) is 0 Å². The highest BCUT2D eigenvalue weighted by molar-refractivity contribution is 6.07. The maximum absolute atomic E-state index is 6.96. The van der Waals surface area contributed by atoms with Gasteiger partial charge in [0.15, 0.2) is 0 Å². The SMILES string of the molecule is N=C/C(=C\N)c1cnccn1. The van der Waals surface area contributed by atoms with Gasteiger partial charge in [-0.3, -0.25) is 9.97 Å². The van der Waals surface area contributed by atoms with Gasteiger partial charge < -0.3 is 11.1 Å². The first-order valence-corrected chi connectivity index (χ1v) is 3.07. The van der Waals surface area contributed by atoms with Gasteiger partial charge in [-0.25, -0.2) is 0 Å². The number of allylic oxidation sites excluding steroid dienone is 1. The van der Waals surface area contributed by atoms with Crippen molar-refractivity contribution in [2.75, 3.05) is 0 Å². The number of nitrogens with zero attached hydrogens (tertiary/aromatic N) is 2. The Kier molecular flexibility index (Phi) is 2.32. The first-order valence-electron chi connectivity index (χ1n) is 3.07. The van der Waals surface area contributed by atoms with E-state index in [1.807, 2.05) is 0 Å². The van der Waals surface area contributed by atoms with E-state index in [4.69, 9.17) is 11.1 Å². The quantitative estimate of drug-likeness (QED) is 0.597. The van der Waals surface area contributed by atoms with Crippen LogP contribution in [0.2, 0.25) is 0 Å². The van der Waals surface area contributed by atoms with Gasteiger partial charge in [-0.05, 0) is 0 Å². The molecule has 1 heterocycles. The van der Waals surface area contributed by atoms with E-state index in [0.717, 1.165) is 6.21 Å². The minimum atomic E-state index is 0.568. The first-order chi connectivity index (χ1) is 5.38. The minimum absolute atomic E-state index is 0.568. The van der Waals surface area contributed by atoms with Gasteiger partial charge in [-0.1, -0.05) is 0 Å². The summed E-state index contributed by atoms with van der Waals surface area (Å²) in [6, 6.07) is 0. The molecule has 1 rings (SSSR count). The second kappa shape index (κ2) is 3.46. The molecule has 0 unspecified atom stereocenters. The number of nitrogens with one attached hydrogen (secondary N) is 1. The van der Waals surface area contributed by atoms with Crippen molar-refractivity contribution >= 4 is 11.8 Å². The minimum Gasteiger partial charge on any atom is -0.404 e. The summed E-state index contributed by atoms with van der Waals surface area (Å²) < 4.78 is 0. The van der Waals surface area contributed by atoms with Gasteiger partial charge in [-0.2, -0.15) is 0 Å². The van der Waals surface area contributed by atoms with Crippen LogP contribution in [-0.2, 0) is 0 Å². The van der Waals surface area contributed by atoms with E-state index in [0.29, 0.717) is 11.3 Å². The summed E-state index contributed by atoms with van der Waals surface area (Å²) in [5.41, 5.74) is 6.42. The largest absolute Gasteiger partial charge is 0.404 e. The Bertz CT molecular complexity index is 265. The molecular formula is C7H8N4. The molecule has 0 aliphatic rings. The van der Waals surface area contributed by atoms with Crippen LogP contribution in [-0.4, -0.2) is 16.2 Å². The highest BCUT2D eigenvalue weighted by atomic mass is 14.8. The predicted octanol–water partition coefficient (Wildman–Crippen LogP) is 0.426. The van der Waals surface area contributed by atoms with E-state index < -0.39 is 0 Å². The van der Waals surface area contributed by atoms with Gasteiger partial charge >= 0.3 is 0 Å². The highest BCUT2D eigenvalue weighted by Gasteiger charge is 1.96. The maximum Gasteiger partial charge on any atom is 0.0914 e. The average molecular weight is 148 g/mol. The first kappa shape index (κ1) is 7.40. The van der Waals surface area contributed by atoms with Crippen molar-refractivity contribution in [1.82, 2.24) is 9.97 Å². The van der Waals surface area contributed by atoms with E-state index >= 15 is 0 Å². The molecule has 0 fully saturated rings. The van der Waals surface area contributed by atoms with Gasteiger partial charge in [0.25, 0.3) is 0 Å². The molecule has 4 nitrogen and oxygen atoms in total. The monoisotopic (exact) mass is 148 g/mol. The number of rotatable bonds is 2. The average Bonchev–Trinajstić information content (AvgIpc) is 2.09. The van der Waals surface area contributed by atoms with Gasteiger partial charge in [0.2, 0.25) is 0 Å². The number of aromatic nitrogens is 2. The normalized spacial score (nSPS) is 11.1. The zero-order valence-corrected chi connectivity index (χ0v) is 5.86. The molecule has 0 radical (unpaired) electrons. The summed E-state index contributed by atoms with van der Waals surface area (Å²) in [4.78, 5) is 7.80. The van der Waals surface area contributed by atoms with E-state index in [1.54, 1.807) is 18.6 Å². The molecule has 0 aliphatic carbocycles. The molecule has 0 saturated heterocycles. The molecule has 0 atom stereocenters. The summed E-state index contributed by atoms with van der Waals surface area (Å²) >= 11 is 0. The summed E-state index contributed by atoms with van der Waals surface area (Å²) in [7, 11) is 0. The fourth-order valence-electron chi connectivity index (χ4n) is 0.656. The third-order valence-electron chi connectivity index (χ3n) is 1.19. The van der Waals surface area contributed by atoms with Crippen LogP contribution >= 0.6 is 0 Å². The predicted molar refractivity (Wildman–Crippen MR) is 43.0 cm³/mol. The smallest absolute Gasteiger partial charge is 0.0914 e. The van der Waals surface area contributed by atoms with Crippen LogP contribution < -0.4 is 5.73 Å². The fourth-order valence-corrected chi connectivity index (χ4v) is 0.656. The van der Waals surface area contributed by atoms with E-state index in [2.05, 4.69) is 9.97 Å². The molecule has 1 aromatic rings. The van der Waals surface area contributed by atoms with Crippen LogP contribution in [0.1, 0.15) is 5.69 Å². The molecule has 0 aliphatic heterocycles. The van der Waals surface area contributed by atoms with Crippen LogP contribution in [0.4, 0.5) is 0 Å². The van der Waals surface area contributed by atoms with Crippen LogP contribution in [0, 0.1) is 5.41 Å². The standard InChI is InChI=1S/C7H8N4/c8-3-6(4-9)7-5-10-1-2-11-7/h1-5,8H,9H2/b6-4+,8-3?.